The molecule has 3 heterocycles. The average molecular weight is 320 g/mol. The summed E-state index contributed by atoms with van der Waals surface area (Å²) in [7, 11) is 0. The summed E-state index contributed by atoms with van der Waals surface area (Å²) in [5.74, 6) is 0.993. The number of rotatable bonds is 4. The Hall–Kier alpha value is -3.15. The molecule has 6 nitrogen and oxygen atoms in total. The van der Waals surface area contributed by atoms with Crippen LogP contribution < -0.4 is 15.4 Å². The van der Waals surface area contributed by atoms with Crippen molar-refractivity contribution >= 4 is 22.6 Å². The standard InChI is InChI=1S/C18H16N4O2/c19-18(23)16-9-13(7-8-20-16)24-14-10-22(11-14)17-6-5-12-3-1-2-4-15(12)21-17/h1-9,14H,10-11H2,(H2,19,23). The number of fused-ring (bicyclic) bond motifs is 1. The minimum atomic E-state index is -0.559. The molecule has 0 radical (unpaired) electrons. The fourth-order valence-corrected chi connectivity index (χ4v) is 2.74. The first-order valence-electron chi connectivity index (χ1n) is 7.72. The summed E-state index contributed by atoms with van der Waals surface area (Å²) in [5, 5.41) is 1.13. The van der Waals surface area contributed by atoms with E-state index in [9.17, 15) is 4.79 Å². The van der Waals surface area contributed by atoms with Crippen LogP contribution >= 0.6 is 0 Å². The Morgan fingerprint density at radius 3 is 2.83 bits per heavy atom. The van der Waals surface area contributed by atoms with Gasteiger partial charge >= 0.3 is 0 Å². The molecule has 1 aromatic carbocycles. The summed E-state index contributed by atoms with van der Waals surface area (Å²) >= 11 is 0. The molecule has 2 aromatic heterocycles. The van der Waals surface area contributed by atoms with E-state index in [4.69, 9.17) is 10.5 Å². The van der Waals surface area contributed by atoms with Crippen LogP contribution in [0.15, 0.2) is 54.7 Å². The normalized spacial score (nSPS) is 14.4. The number of pyridine rings is 2. The molecule has 24 heavy (non-hydrogen) atoms. The Morgan fingerprint density at radius 1 is 1.17 bits per heavy atom. The molecule has 0 saturated carbocycles. The van der Waals surface area contributed by atoms with Gasteiger partial charge in [-0.25, -0.2) is 4.98 Å². The molecule has 1 amide bonds. The Bertz CT molecular complexity index is 906. The molecule has 0 spiro atoms. The Kier molecular flexibility index (Phi) is 3.49. The smallest absolute Gasteiger partial charge is 0.267 e. The van der Waals surface area contributed by atoms with E-state index in [1.165, 1.54) is 6.20 Å². The monoisotopic (exact) mass is 320 g/mol. The molecule has 1 aliphatic heterocycles. The fraction of sp³-hybridized carbons (Fsp3) is 0.167. The fourth-order valence-electron chi connectivity index (χ4n) is 2.74. The number of aromatic nitrogens is 2. The second kappa shape index (κ2) is 5.81. The quantitative estimate of drug-likeness (QED) is 0.795. The number of carbonyl (C=O) groups is 1. The number of hydrogen-bond donors (Lipinski definition) is 1. The lowest BCUT2D eigenvalue weighted by molar-refractivity contribution is 0.0994. The van der Waals surface area contributed by atoms with Gasteiger partial charge in [0.05, 0.1) is 18.6 Å². The molecule has 0 bridgehead atoms. The van der Waals surface area contributed by atoms with Crippen molar-refractivity contribution in [2.24, 2.45) is 5.73 Å². The number of nitrogens with zero attached hydrogens (tertiary/aromatic N) is 3. The van der Waals surface area contributed by atoms with Gasteiger partial charge in [-0.2, -0.15) is 0 Å². The SMILES string of the molecule is NC(=O)c1cc(OC2CN(c3ccc4ccccc4n3)C2)ccn1. The van der Waals surface area contributed by atoms with Gasteiger partial charge in [-0.15, -0.1) is 0 Å². The Labute approximate surface area is 138 Å². The van der Waals surface area contributed by atoms with Crippen molar-refractivity contribution in [3.05, 3.63) is 60.4 Å². The van der Waals surface area contributed by atoms with E-state index in [2.05, 4.69) is 20.9 Å². The molecular weight excluding hydrogens is 304 g/mol. The van der Waals surface area contributed by atoms with Gasteiger partial charge in [-0.05, 0) is 24.3 Å². The van der Waals surface area contributed by atoms with Crippen LogP contribution in [-0.2, 0) is 0 Å². The first kappa shape index (κ1) is 14.4. The van der Waals surface area contributed by atoms with Gasteiger partial charge < -0.3 is 15.4 Å². The molecule has 3 aromatic rings. The third-order valence-electron chi connectivity index (χ3n) is 4.04. The van der Waals surface area contributed by atoms with Gasteiger partial charge in [-0.1, -0.05) is 18.2 Å². The van der Waals surface area contributed by atoms with Crippen LogP contribution in [0.3, 0.4) is 0 Å². The molecule has 0 aliphatic carbocycles. The van der Waals surface area contributed by atoms with Crippen molar-refractivity contribution < 1.29 is 9.53 Å². The van der Waals surface area contributed by atoms with Crippen molar-refractivity contribution in [1.29, 1.82) is 0 Å². The van der Waals surface area contributed by atoms with Crippen LogP contribution in [0.2, 0.25) is 0 Å². The second-order valence-electron chi connectivity index (χ2n) is 5.75. The number of anilines is 1. The predicted molar refractivity (Wildman–Crippen MR) is 91.1 cm³/mol. The summed E-state index contributed by atoms with van der Waals surface area (Å²) in [6, 6.07) is 15.4. The third kappa shape index (κ3) is 2.74. The maximum absolute atomic E-state index is 11.2. The maximum atomic E-state index is 11.2. The van der Waals surface area contributed by atoms with Gasteiger partial charge in [0.25, 0.3) is 5.91 Å². The lowest BCUT2D eigenvalue weighted by atomic mass is 10.1. The van der Waals surface area contributed by atoms with Crippen LogP contribution in [0.1, 0.15) is 10.5 Å². The molecule has 1 fully saturated rings. The Balaban J connectivity index is 1.42. The van der Waals surface area contributed by atoms with Crippen molar-refractivity contribution in [1.82, 2.24) is 9.97 Å². The Morgan fingerprint density at radius 2 is 2.00 bits per heavy atom. The van der Waals surface area contributed by atoms with E-state index in [0.717, 1.165) is 29.8 Å². The molecule has 0 atom stereocenters. The highest BCUT2D eigenvalue weighted by Gasteiger charge is 2.29. The van der Waals surface area contributed by atoms with Crippen LogP contribution in [0.25, 0.3) is 10.9 Å². The number of para-hydroxylation sites is 1. The van der Waals surface area contributed by atoms with Crippen LogP contribution in [0.5, 0.6) is 5.75 Å². The number of nitrogens with two attached hydrogens (primary N) is 1. The molecule has 6 heteroatoms. The minimum absolute atomic E-state index is 0.0568. The number of benzene rings is 1. The van der Waals surface area contributed by atoms with E-state index in [1.807, 2.05) is 30.3 Å². The highest BCUT2D eigenvalue weighted by molar-refractivity contribution is 5.91. The molecule has 120 valence electrons. The van der Waals surface area contributed by atoms with Gasteiger partial charge in [0, 0.05) is 17.6 Å². The summed E-state index contributed by atoms with van der Waals surface area (Å²) in [6.07, 6.45) is 1.58. The van der Waals surface area contributed by atoms with E-state index in [1.54, 1.807) is 12.1 Å². The molecule has 1 aliphatic rings. The number of amides is 1. The van der Waals surface area contributed by atoms with Gasteiger partial charge in [0.2, 0.25) is 0 Å². The highest BCUT2D eigenvalue weighted by Crippen LogP contribution is 2.24. The summed E-state index contributed by atoms with van der Waals surface area (Å²) in [5.41, 5.74) is 6.42. The predicted octanol–water partition coefficient (Wildman–Crippen LogP) is 2.00. The van der Waals surface area contributed by atoms with Crippen molar-refractivity contribution in [3.8, 4) is 5.75 Å². The molecule has 1 saturated heterocycles. The van der Waals surface area contributed by atoms with E-state index >= 15 is 0 Å². The van der Waals surface area contributed by atoms with E-state index < -0.39 is 5.91 Å². The molecule has 4 rings (SSSR count). The van der Waals surface area contributed by atoms with Crippen molar-refractivity contribution in [2.75, 3.05) is 18.0 Å². The van der Waals surface area contributed by atoms with Gasteiger partial charge in [0.1, 0.15) is 23.4 Å². The van der Waals surface area contributed by atoms with Gasteiger partial charge in [0.15, 0.2) is 0 Å². The maximum Gasteiger partial charge on any atom is 0.267 e. The van der Waals surface area contributed by atoms with Crippen molar-refractivity contribution in [2.45, 2.75) is 6.10 Å². The van der Waals surface area contributed by atoms with E-state index in [0.29, 0.717) is 5.75 Å². The first-order chi connectivity index (χ1) is 11.7. The highest BCUT2D eigenvalue weighted by atomic mass is 16.5. The first-order valence-corrected chi connectivity index (χ1v) is 7.72. The lowest BCUT2D eigenvalue weighted by Gasteiger charge is -2.39. The number of carbonyl (C=O) groups excluding carboxylic acids is 1. The van der Waals surface area contributed by atoms with Crippen LogP contribution in [0, 0.1) is 0 Å². The number of ether oxygens (including phenoxy) is 1. The summed E-state index contributed by atoms with van der Waals surface area (Å²) in [4.78, 5) is 21.9. The summed E-state index contributed by atoms with van der Waals surface area (Å²) in [6.45, 7) is 1.50. The topological polar surface area (TPSA) is 81.3 Å². The lowest BCUT2D eigenvalue weighted by Crippen LogP contribution is -2.54. The van der Waals surface area contributed by atoms with E-state index in [-0.39, 0.29) is 11.8 Å². The van der Waals surface area contributed by atoms with Crippen LogP contribution in [-0.4, -0.2) is 35.1 Å². The molecular formula is C18H16N4O2. The minimum Gasteiger partial charge on any atom is -0.487 e. The van der Waals surface area contributed by atoms with Crippen molar-refractivity contribution in [3.63, 3.8) is 0 Å². The average Bonchev–Trinajstić information content (AvgIpc) is 2.57. The third-order valence-corrected chi connectivity index (χ3v) is 4.04. The van der Waals surface area contributed by atoms with Gasteiger partial charge in [-0.3, -0.25) is 9.78 Å². The number of primary amides is 1. The largest absolute Gasteiger partial charge is 0.487 e. The molecule has 0 unspecified atom stereocenters. The zero-order chi connectivity index (χ0) is 16.5. The summed E-state index contributed by atoms with van der Waals surface area (Å²) < 4.78 is 5.86. The molecule has 2 N–H and O–H groups in total. The number of hydrogen-bond acceptors (Lipinski definition) is 5. The zero-order valence-electron chi connectivity index (χ0n) is 12.9. The van der Waals surface area contributed by atoms with Crippen LogP contribution in [0.4, 0.5) is 5.82 Å². The second-order valence-corrected chi connectivity index (χ2v) is 5.75. The zero-order valence-corrected chi connectivity index (χ0v) is 12.9.